The molecule has 3 saturated carbocycles. The SMILES string of the molecule is CC(=O)OC(CC(C)C)CC1(C)OC(=O)[C@]23CC=C4[C@@H](CC[C@H]5C(C)(C)[C@@H](O)CC[C@]45C)[C@]2(C)CC[C@H]13. The fourth-order valence-electron chi connectivity index (χ4n) is 10.7. The quantitative estimate of drug-likeness (QED) is 0.330. The molecule has 5 nitrogen and oxygen atoms in total. The first-order valence-corrected chi connectivity index (χ1v) is 14.9. The van der Waals surface area contributed by atoms with Gasteiger partial charge in [0.1, 0.15) is 11.7 Å². The molecule has 0 amide bonds. The Labute approximate surface area is 224 Å². The Morgan fingerprint density at radius 3 is 2.43 bits per heavy atom. The zero-order valence-corrected chi connectivity index (χ0v) is 24.5. The van der Waals surface area contributed by atoms with Gasteiger partial charge >= 0.3 is 11.9 Å². The van der Waals surface area contributed by atoms with Gasteiger partial charge in [0.2, 0.25) is 0 Å². The van der Waals surface area contributed by atoms with Crippen LogP contribution in [0.2, 0.25) is 0 Å². The molecule has 0 aromatic rings. The highest BCUT2D eigenvalue weighted by Gasteiger charge is 2.76. The highest BCUT2D eigenvalue weighted by Crippen LogP contribution is 2.76. The molecule has 0 aromatic heterocycles. The van der Waals surface area contributed by atoms with E-state index in [1.54, 1.807) is 5.57 Å². The van der Waals surface area contributed by atoms with Gasteiger partial charge in [0.15, 0.2) is 0 Å². The van der Waals surface area contributed by atoms with E-state index in [1.807, 2.05) is 0 Å². The summed E-state index contributed by atoms with van der Waals surface area (Å²) < 4.78 is 12.2. The van der Waals surface area contributed by atoms with Crippen LogP contribution in [0.1, 0.15) is 113 Å². The van der Waals surface area contributed by atoms with Crippen molar-refractivity contribution in [3.63, 3.8) is 0 Å². The molecule has 5 rings (SSSR count). The summed E-state index contributed by atoms with van der Waals surface area (Å²) >= 11 is 0. The van der Waals surface area contributed by atoms with Crippen LogP contribution in [0.4, 0.5) is 0 Å². The number of cyclic esters (lactones) is 1. The van der Waals surface area contributed by atoms with Crippen molar-refractivity contribution in [1.82, 2.24) is 0 Å². The van der Waals surface area contributed by atoms with Gasteiger partial charge < -0.3 is 14.6 Å². The Balaban J connectivity index is 1.50. The lowest BCUT2D eigenvalue weighted by atomic mass is 9.41. The van der Waals surface area contributed by atoms with E-state index >= 15 is 0 Å². The molecule has 2 unspecified atom stereocenters. The molecule has 5 heteroatoms. The van der Waals surface area contributed by atoms with E-state index < -0.39 is 11.0 Å². The number of fused-ring (bicyclic) bond motifs is 4. The maximum atomic E-state index is 14.0. The Morgan fingerprint density at radius 2 is 1.78 bits per heavy atom. The second-order valence-corrected chi connectivity index (χ2v) is 15.1. The van der Waals surface area contributed by atoms with Gasteiger partial charge in [-0.1, -0.05) is 53.2 Å². The van der Waals surface area contributed by atoms with E-state index in [-0.39, 0.29) is 46.3 Å². The molecule has 4 aliphatic carbocycles. The van der Waals surface area contributed by atoms with Crippen molar-refractivity contribution in [2.75, 3.05) is 0 Å². The summed E-state index contributed by atoms with van der Waals surface area (Å²) in [4.78, 5) is 25.9. The van der Waals surface area contributed by atoms with E-state index in [2.05, 4.69) is 54.5 Å². The molecule has 208 valence electrons. The Morgan fingerprint density at radius 1 is 1.08 bits per heavy atom. The minimum absolute atomic E-state index is 0.0203. The maximum Gasteiger partial charge on any atom is 0.313 e. The predicted octanol–water partition coefficient (Wildman–Crippen LogP) is 6.62. The second kappa shape index (κ2) is 8.57. The third-order valence-electron chi connectivity index (χ3n) is 12.3. The first-order valence-electron chi connectivity index (χ1n) is 14.9. The molecular weight excluding hydrogens is 464 g/mol. The first kappa shape index (κ1) is 27.2. The molecule has 0 bridgehead atoms. The van der Waals surface area contributed by atoms with Crippen LogP contribution in [0.3, 0.4) is 0 Å². The normalized spacial score (nSPS) is 46.8. The molecule has 0 aromatic carbocycles. The van der Waals surface area contributed by atoms with Crippen molar-refractivity contribution in [2.45, 2.75) is 131 Å². The number of esters is 2. The number of hydrogen-bond acceptors (Lipinski definition) is 5. The highest BCUT2D eigenvalue weighted by atomic mass is 16.6. The van der Waals surface area contributed by atoms with Crippen LogP contribution >= 0.6 is 0 Å². The first-order chi connectivity index (χ1) is 17.1. The average Bonchev–Trinajstić information content (AvgIpc) is 3.20. The minimum Gasteiger partial charge on any atom is -0.462 e. The van der Waals surface area contributed by atoms with Crippen molar-refractivity contribution in [3.8, 4) is 0 Å². The van der Waals surface area contributed by atoms with Crippen molar-refractivity contribution >= 4 is 11.9 Å². The molecule has 1 spiro atoms. The molecule has 1 aliphatic heterocycles. The number of hydrogen-bond donors (Lipinski definition) is 1. The van der Waals surface area contributed by atoms with Crippen LogP contribution in [0.5, 0.6) is 0 Å². The highest BCUT2D eigenvalue weighted by molar-refractivity contribution is 5.83. The lowest BCUT2D eigenvalue weighted by molar-refractivity contribution is -0.165. The summed E-state index contributed by atoms with van der Waals surface area (Å²) in [5.74, 6) is 1.09. The topological polar surface area (TPSA) is 72.8 Å². The number of rotatable bonds is 5. The lowest BCUT2D eigenvalue weighted by Gasteiger charge is -2.63. The summed E-state index contributed by atoms with van der Waals surface area (Å²) in [7, 11) is 0. The Hall–Kier alpha value is -1.36. The zero-order valence-electron chi connectivity index (χ0n) is 24.5. The third-order valence-corrected chi connectivity index (χ3v) is 12.3. The van der Waals surface area contributed by atoms with Gasteiger partial charge in [0.05, 0.1) is 11.5 Å². The molecule has 1 heterocycles. The van der Waals surface area contributed by atoms with Crippen molar-refractivity contribution in [2.24, 2.45) is 45.3 Å². The number of ether oxygens (including phenoxy) is 2. The van der Waals surface area contributed by atoms with E-state index in [0.29, 0.717) is 24.2 Å². The van der Waals surface area contributed by atoms with Crippen LogP contribution in [-0.2, 0) is 19.1 Å². The van der Waals surface area contributed by atoms with Crippen LogP contribution in [-0.4, -0.2) is 34.9 Å². The Bertz CT molecular complexity index is 997. The maximum absolute atomic E-state index is 14.0. The van der Waals surface area contributed by atoms with Crippen molar-refractivity contribution in [3.05, 3.63) is 11.6 Å². The summed E-state index contributed by atoms with van der Waals surface area (Å²) in [5, 5.41) is 10.9. The standard InChI is InChI=1S/C32H50O5/c1-19(2)17-21(36-20(3)33)18-31(8)25-12-15-30(7)23-9-10-24-28(4,5)26(34)13-14-29(24,6)22(23)11-16-32(25,30)27(35)37-31/h11,19,21,23-26,34H,9-10,12-18H2,1-8H3/t21?,23-,24+,25-,26+,29-,30+,31?,32-/m1/s1. The number of allylic oxidation sites excluding steroid dienone is 2. The van der Waals surface area contributed by atoms with Gasteiger partial charge in [-0.05, 0) is 92.3 Å². The number of aliphatic hydroxyl groups excluding tert-OH is 1. The predicted molar refractivity (Wildman–Crippen MR) is 143 cm³/mol. The monoisotopic (exact) mass is 514 g/mol. The van der Waals surface area contributed by atoms with E-state index in [9.17, 15) is 14.7 Å². The second-order valence-electron chi connectivity index (χ2n) is 15.1. The molecule has 4 fully saturated rings. The van der Waals surface area contributed by atoms with E-state index in [4.69, 9.17) is 9.47 Å². The fraction of sp³-hybridized carbons (Fsp3) is 0.875. The van der Waals surface area contributed by atoms with Crippen LogP contribution in [0.25, 0.3) is 0 Å². The van der Waals surface area contributed by atoms with Crippen LogP contribution < -0.4 is 0 Å². The van der Waals surface area contributed by atoms with Gasteiger partial charge in [0.25, 0.3) is 0 Å². The smallest absolute Gasteiger partial charge is 0.313 e. The van der Waals surface area contributed by atoms with Crippen molar-refractivity contribution < 1.29 is 24.2 Å². The zero-order chi connectivity index (χ0) is 27.2. The molecule has 9 atom stereocenters. The molecular formula is C32H50O5. The van der Waals surface area contributed by atoms with Gasteiger partial charge in [-0.2, -0.15) is 0 Å². The average molecular weight is 515 g/mol. The summed E-state index contributed by atoms with van der Waals surface area (Å²) in [6, 6.07) is 0. The van der Waals surface area contributed by atoms with E-state index in [0.717, 1.165) is 51.4 Å². The molecule has 5 aliphatic rings. The number of aliphatic hydroxyl groups is 1. The van der Waals surface area contributed by atoms with Gasteiger partial charge in [-0.3, -0.25) is 9.59 Å². The summed E-state index contributed by atoms with van der Waals surface area (Å²) in [5.41, 5.74) is 0.309. The van der Waals surface area contributed by atoms with Gasteiger partial charge in [-0.15, -0.1) is 0 Å². The van der Waals surface area contributed by atoms with Crippen LogP contribution in [0, 0.1) is 45.3 Å². The molecule has 0 radical (unpaired) electrons. The summed E-state index contributed by atoms with van der Waals surface area (Å²) in [6.45, 7) is 17.2. The number of carbonyl (C=O) groups is 2. The number of carbonyl (C=O) groups excluding carboxylic acids is 2. The van der Waals surface area contributed by atoms with Crippen molar-refractivity contribution in [1.29, 1.82) is 0 Å². The minimum atomic E-state index is -0.618. The molecule has 1 N–H and O–H groups in total. The van der Waals surface area contributed by atoms with E-state index in [1.165, 1.54) is 6.92 Å². The molecule has 1 saturated heterocycles. The molecule has 37 heavy (non-hydrogen) atoms. The van der Waals surface area contributed by atoms with Gasteiger partial charge in [0, 0.05) is 19.3 Å². The fourth-order valence-corrected chi connectivity index (χ4v) is 10.7. The summed E-state index contributed by atoms with van der Waals surface area (Å²) in [6.07, 6.45) is 10.2. The van der Waals surface area contributed by atoms with Gasteiger partial charge in [-0.25, -0.2) is 0 Å². The lowest BCUT2D eigenvalue weighted by Crippen LogP contribution is -2.58. The largest absolute Gasteiger partial charge is 0.462 e. The Kier molecular flexibility index (Phi) is 6.30. The van der Waals surface area contributed by atoms with Crippen LogP contribution in [0.15, 0.2) is 11.6 Å². The third kappa shape index (κ3) is 3.64.